The van der Waals surface area contributed by atoms with Crippen molar-refractivity contribution in [3.05, 3.63) is 18.0 Å². The zero-order chi connectivity index (χ0) is 12.3. The molecule has 2 unspecified atom stereocenters. The molecule has 0 N–H and O–H groups in total. The summed E-state index contributed by atoms with van der Waals surface area (Å²) in [6.07, 6.45) is 1.84. The lowest BCUT2D eigenvalue weighted by atomic mass is 9.90. The quantitative estimate of drug-likeness (QED) is 0.797. The second kappa shape index (κ2) is 5.62. The Hall–Kier alpha value is -0.640. The van der Waals surface area contributed by atoms with Crippen LogP contribution in [0.2, 0.25) is 0 Å². The van der Waals surface area contributed by atoms with Gasteiger partial charge in [0.05, 0.1) is 5.69 Å². The Labute approximate surface area is 106 Å². The summed E-state index contributed by atoms with van der Waals surface area (Å²) >= 11 is 3.67. The van der Waals surface area contributed by atoms with Crippen LogP contribution in [-0.2, 0) is 0 Å². The van der Waals surface area contributed by atoms with Crippen molar-refractivity contribution in [3.8, 4) is 0 Å². The van der Waals surface area contributed by atoms with Crippen LogP contribution in [0.15, 0.2) is 12.3 Å². The van der Waals surface area contributed by atoms with Gasteiger partial charge in [0.2, 0.25) is 5.95 Å². The van der Waals surface area contributed by atoms with Crippen LogP contribution in [0.5, 0.6) is 0 Å². The molecule has 0 amide bonds. The van der Waals surface area contributed by atoms with E-state index in [9.17, 15) is 0 Å². The Morgan fingerprint density at radius 2 is 1.88 bits per heavy atom. The average molecular weight is 286 g/mol. The Kier molecular flexibility index (Phi) is 4.71. The first-order valence-corrected chi connectivity index (χ1v) is 6.49. The number of rotatable bonds is 4. The molecule has 0 bridgehead atoms. The molecular weight excluding hydrogens is 266 g/mol. The minimum Gasteiger partial charge on any atom is -0.347 e. The Bertz CT molecular complexity index is 329. The molecule has 4 heteroatoms. The number of alkyl halides is 1. The summed E-state index contributed by atoms with van der Waals surface area (Å²) in [4.78, 5) is 11.2. The van der Waals surface area contributed by atoms with Crippen LogP contribution in [0.25, 0.3) is 0 Å². The molecular formula is C12H20BrN3. The molecule has 0 radical (unpaired) electrons. The standard InChI is InChI=1S/C12H20BrN3/c1-8(2)11(9(3)13)10-6-7-14-12(15-10)16(4)5/h6-9,11H,1-5H3. The van der Waals surface area contributed by atoms with E-state index in [0.29, 0.717) is 16.7 Å². The summed E-state index contributed by atoms with van der Waals surface area (Å²) in [5.74, 6) is 1.75. The highest BCUT2D eigenvalue weighted by molar-refractivity contribution is 9.09. The Morgan fingerprint density at radius 1 is 1.25 bits per heavy atom. The molecule has 2 atom stereocenters. The minimum absolute atomic E-state index is 0.414. The lowest BCUT2D eigenvalue weighted by molar-refractivity contribution is 0.487. The summed E-state index contributed by atoms with van der Waals surface area (Å²) in [6.45, 7) is 6.61. The van der Waals surface area contributed by atoms with Crippen molar-refractivity contribution >= 4 is 21.9 Å². The highest BCUT2D eigenvalue weighted by Crippen LogP contribution is 2.31. The monoisotopic (exact) mass is 285 g/mol. The van der Waals surface area contributed by atoms with Crippen molar-refractivity contribution in [3.63, 3.8) is 0 Å². The highest BCUT2D eigenvalue weighted by Gasteiger charge is 2.22. The zero-order valence-corrected chi connectivity index (χ0v) is 12.2. The third-order valence-electron chi connectivity index (χ3n) is 2.62. The van der Waals surface area contributed by atoms with Crippen molar-refractivity contribution < 1.29 is 0 Å². The number of hydrogen-bond donors (Lipinski definition) is 0. The van der Waals surface area contributed by atoms with Gasteiger partial charge >= 0.3 is 0 Å². The molecule has 0 saturated heterocycles. The molecule has 1 aromatic heterocycles. The molecule has 1 heterocycles. The predicted molar refractivity (Wildman–Crippen MR) is 72.3 cm³/mol. The molecule has 1 rings (SSSR count). The molecule has 0 saturated carbocycles. The van der Waals surface area contributed by atoms with Gasteiger partial charge in [-0.05, 0) is 12.0 Å². The van der Waals surface area contributed by atoms with Gasteiger partial charge in [-0.1, -0.05) is 36.7 Å². The summed E-state index contributed by atoms with van der Waals surface area (Å²) in [5.41, 5.74) is 1.11. The molecule has 90 valence electrons. The largest absolute Gasteiger partial charge is 0.347 e. The predicted octanol–water partition coefficient (Wildman–Crippen LogP) is 3.07. The van der Waals surface area contributed by atoms with Gasteiger partial charge in [-0.2, -0.15) is 0 Å². The van der Waals surface area contributed by atoms with E-state index in [1.807, 2.05) is 31.3 Å². The molecule has 0 aliphatic carbocycles. The third-order valence-corrected chi connectivity index (χ3v) is 3.19. The van der Waals surface area contributed by atoms with Crippen molar-refractivity contribution in [1.29, 1.82) is 0 Å². The first-order chi connectivity index (χ1) is 7.43. The second-order valence-corrected chi connectivity index (χ2v) is 6.07. The van der Waals surface area contributed by atoms with Crippen LogP contribution in [0.1, 0.15) is 32.4 Å². The molecule has 1 aromatic rings. The van der Waals surface area contributed by atoms with Gasteiger partial charge < -0.3 is 4.90 Å². The molecule has 0 aliphatic heterocycles. The van der Waals surface area contributed by atoms with Crippen LogP contribution in [0.3, 0.4) is 0 Å². The number of nitrogens with zero attached hydrogens (tertiary/aromatic N) is 3. The number of anilines is 1. The van der Waals surface area contributed by atoms with E-state index < -0.39 is 0 Å². The van der Waals surface area contributed by atoms with E-state index in [2.05, 4.69) is 46.7 Å². The molecule has 3 nitrogen and oxygen atoms in total. The first-order valence-electron chi connectivity index (χ1n) is 5.57. The van der Waals surface area contributed by atoms with E-state index in [4.69, 9.17) is 0 Å². The van der Waals surface area contributed by atoms with Crippen LogP contribution in [0, 0.1) is 5.92 Å². The normalized spacial score (nSPS) is 14.9. The van der Waals surface area contributed by atoms with Gasteiger partial charge in [0, 0.05) is 31.0 Å². The maximum Gasteiger partial charge on any atom is 0.224 e. The molecule has 0 spiro atoms. The van der Waals surface area contributed by atoms with Gasteiger partial charge in [-0.15, -0.1) is 0 Å². The summed E-state index contributed by atoms with van der Waals surface area (Å²) in [7, 11) is 3.92. The zero-order valence-electron chi connectivity index (χ0n) is 10.6. The van der Waals surface area contributed by atoms with Crippen molar-refractivity contribution in [2.45, 2.75) is 31.5 Å². The van der Waals surface area contributed by atoms with Crippen LogP contribution < -0.4 is 4.90 Å². The number of aromatic nitrogens is 2. The fourth-order valence-electron chi connectivity index (χ4n) is 1.87. The summed E-state index contributed by atoms with van der Waals surface area (Å²) in [6, 6.07) is 2.01. The first kappa shape index (κ1) is 13.4. The van der Waals surface area contributed by atoms with E-state index >= 15 is 0 Å². The summed E-state index contributed by atoms with van der Waals surface area (Å²) < 4.78 is 0. The maximum absolute atomic E-state index is 4.60. The van der Waals surface area contributed by atoms with E-state index in [0.717, 1.165) is 11.6 Å². The van der Waals surface area contributed by atoms with Crippen LogP contribution >= 0.6 is 15.9 Å². The van der Waals surface area contributed by atoms with Crippen molar-refractivity contribution in [2.24, 2.45) is 5.92 Å². The maximum atomic E-state index is 4.60. The van der Waals surface area contributed by atoms with E-state index in [1.165, 1.54) is 0 Å². The topological polar surface area (TPSA) is 29.0 Å². The Morgan fingerprint density at radius 3 is 2.31 bits per heavy atom. The van der Waals surface area contributed by atoms with Gasteiger partial charge in [0.25, 0.3) is 0 Å². The van der Waals surface area contributed by atoms with E-state index in [-0.39, 0.29) is 0 Å². The summed E-state index contributed by atoms with van der Waals surface area (Å²) in [5, 5.41) is 0. The van der Waals surface area contributed by atoms with E-state index in [1.54, 1.807) is 0 Å². The molecule has 0 aromatic carbocycles. The SMILES string of the molecule is CC(C)C(c1ccnc(N(C)C)n1)C(C)Br. The van der Waals surface area contributed by atoms with Gasteiger partial charge in [0.1, 0.15) is 0 Å². The molecule has 0 fully saturated rings. The van der Waals surface area contributed by atoms with Crippen LogP contribution in [-0.4, -0.2) is 28.9 Å². The van der Waals surface area contributed by atoms with Gasteiger partial charge in [-0.3, -0.25) is 0 Å². The molecule has 0 aliphatic rings. The fourth-order valence-corrected chi connectivity index (χ4v) is 2.75. The Balaban J connectivity index is 3.05. The van der Waals surface area contributed by atoms with Gasteiger partial charge in [0.15, 0.2) is 0 Å². The highest BCUT2D eigenvalue weighted by atomic mass is 79.9. The molecule has 16 heavy (non-hydrogen) atoms. The third kappa shape index (κ3) is 3.17. The lowest BCUT2D eigenvalue weighted by Crippen LogP contribution is -2.19. The van der Waals surface area contributed by atoms with Gasteiger partial charge in [-0.25, -0.2) is 9.97 Å². The van der Waals surface area contributed by atoms with Crippen molar-refractivity contribution in [1.82, 2.24) is 9.97 Å². The van der Waals surface area contributed by atoms with Crippen LogP contribution in [0.4, 0.5) is 5.95 Å². The number of halogens is 1. The smallest absolute Gasteiger partial charge is 0.224 e. The lowest BCUT2D eigenvalue weighted by Gasteiger charge is -2.23. The fraction of sp³-hybridized carbons (Fsp3) is 0.667. The second-order valence-electron chi connectivity index (χ2n) is 4.62. The average Bonchev–Trinajstić information content (AvgIpc) is 2.16. The minimum atomic E-state index is 0.414. The van der Waals surface area contributed by atoms with Crippen molar-refractivity contribution in [2.75, 3.05) is 19.0 Å². The number of hydrogen-bond acceptors (Lipinski definition) is 3.